The predicted octanol–water partition coefficient (Wildman–Crippen LogP) is -1.57. The molecule has 0 aromatic carbocycles. The summed E-state index contributed by atoms with van der Waals surface area (Å²) in [6.07, 6.45) is -0.434. The van der Waals surface area contributed by atoms with Gasteiger partial charge in [0.15, 0.2) is 0 Å². The maximum absolute atomic E-state index is 12.4. The van der Waals surface area contributed by atoms with Crippen molar-refractivity contribution in [2.75, 3.05) is 24.7 Å². The number of hydrogen-bond acceptors (Lipinski definition) is 9. The summed E-state index contributed by atoms with van der Waals surface area (Å²) in [6, 6.07) is 0. The van der Waals surface area contributed by atoms with E-state index >= 15 is 0 Å². The van der Waals surface area contributed by atoms with E-state index in [1.165, 1.54) is 7.05 Å². The van der Waals surface area contributed by atoms with Crippen molar-refractivity contribution < 1.29 is 19.1 Å². The van der Waals surface area contributed by atoms with Crippen molar-refractivity contribution in [2.45, 2.75) is 25.9 Å². The monoisotopic (exact) mass is 407 g/mol. The van der Waals surface area contributed by atoms with Crippen LogP contribution < -0.4 is 17.1 Å². The minimum Gasteiger partial charge on any atom is -0.465 e. The maximum atomic E-state index is 12.4. The summed E-state index contributed by atoms with van der Waals surface area (Å²) in [6.45, 7) is -0.270. The Morgan fingerprint density at radius 3 is 1.54 bits per heavy atom. The molecule has 0 fully saturated rings. The third-order valence-electron chi connectivity index (χ3n) is 3.29. The van der Waals surface area contributed by atoms with Gasteiger partial charge in [-0.25, -0.2) is 28.1 Å². The van der Waals surface area contributed by atoms with Crippen molar-refractivity contribution in [3.05, 3.63) is 31.5 Å². The second-order valence-electron chi connectivity index (χ2n) is 5.10. The van der Waals surface area contributed by atoms with E-state index in [9.17, 15) is 24.0 Å². The number of carbonyl (C=O) groups is 2. The predicted molar refractivity (Wildman–Crippen MR) is 99.1 cm³/mol. The van der Waals surface area contributed by atoms with Crippen molar-refractivity contribution in [1.82, 2.24) is 13.7 Å². The molecule has 146 valence electrons. The Hall–Kier alpha value is -1.95. The normalized spacial score (nSPS) is 10.6. The molecule has 0 atom stereocenters. The summed E-state index contributed by atoms with van der Waals surface area (Å²) in [5.74, 6) is -0.495. The van der Waals surface area contributed by atoms with E-state index < -0.39 is 29.0 Å². The van der Waals surface area contributed by atoms with Gasteiger partial charge in [-0.15, -0.1) is 0 Å². The third kappa shape index (κ3) is 6.09. The maximum Gasteiger partial charge on any atom is 0.336 e. The first kappa shape index (κ1) is 22.1. The molecule has 0 saturated carbocycles. The summed E-state index contributed by atoms with van der Waals surface area (Å²) in [7, 11) is 1.20. The summed E-state index contributed by atoms with van der Waals surface area (Å²) in [4.78, 5) is 59.7. The van der Waals surface area contributed by atoms with Crippen LogP contribution in [0, 0.1) is 0 Å². The average Bonchev–Trinajstić information content (AvgIpc) is 2.62. The summed E-state index contributed by atoms with van der Waals surface area (Å²) >= 11 is 7.80. The van der Waals surface area contributed by atoms with Crippen LogP contribution in [-0.2, 0) is 39.2 Å². The Morgan fingerprint density at radius 1 is 0.808 bits per heavy atom. The molecule has 0 N–H and O–H groups in total. The van der Waals surface area contributed by atoms with E-state index in [1.807, 2.05) is 0 Å². The number of ether oxygens (including phenoxy) is 2. The number of hydrogen-bond donors (Lipinski definition) is 2. The molecule has 0 amide bonds. The SMILES string of the molecule is Cn1c(=O)n(CCC(=O)OCCS)c(=O)n(CCC(=O)OCCS)c1=O. The standard InChI is InChI=1S/C14H21N3O7S2/c1-15-12(20)16(4-2-10(18)23-6-8-25)14(22)17(13(15)21)5-3-11(19)24-7-9-26/h25-26H,2-9H2,1H3. The van der Waals surface area contributed by atoms with E-state index in [-0.39, 0.29) is 39.1 Å². The lowest BCUT2D eigenvalue weighted by Crippen LogP contribution is -2.54. The Balaban J connectivity index is 2.99. The molecule has 1 aromatic heterocycles. The largest absolute Gasteiger partial charge is 0.465 e. The summed E-state index contributed by atoms with van der Waals surface area (Å²) in [5, 5.41) is 0. The number of nitrogens with zero attached hydrogens (tertiary/aromatic N) is 3. The molecule has 0 radical (unpaired) electrons. The lowest BCUT2D eigenvalue weighted by Gasteiger charge is -2.11. The van der Waals surface area contributed by atoms with Crippen LogP contribution in [0.15, 0.2) is 14.4 Å². The van der Waals surface area contributed by atoms with Gasteiger partial charge in [-0.2, -0.15) is 25.3 Å². The number of carbonyl (C=O) groups excluding carboxylic acids is 2. The number of thiol groups is 2. The number of aromatic nitrogens is 3. The van der Waals surface area contributed by atoms with Crippen LogP contribution in [0.25, 0.3) is 0 Å². The first-order valence-electron chi connectivity index (χ1n) is 7.77. The molecule has 0 aliphatic heterocycles. The van der Waals surface area contributed by atoms with Crippen LogP contribution in [0.3, 0.4) is 0 Å². The van der Waals surface area contributed by atoms with Crippen LogP contribution in [0.5, 0.6) is 0 Å². The van der Waals surface area contributed by atoms with E-state index in [0.717, 1.165) is 13.7 Å². The van der Waals surface area contributed by atoms with E-state index in [4.69, 9.17) is 9.47 Å². The van der Waals surface area contributed by atoms with Crippen LogP contribution >= 0.6 is 25.3 Å². The lowest BCUT2D eigenvalue weighted by molar-refractivity contribution is -0.144. The molecule has 0 saturated heterocycles. The summed E-state index contributed by atoms with van der Waals surface area (Å²) < 4.78 is 11.9. The molecule has 1 rings (SSSR count). The van der Waals surface area contributed by atoms with Crippen molar-refractivity contribution in [2.24, 2.45) is 7.05 Å². The average molecular weight is 407 g/mol. The van der Waals surface area contributed by atoms with Crippen molar-refractivity contribution in [3.8, 4) is 0 Å². The molecule has 0 unspecified atom stereocenters. The molecular weight excluding hydrogens is 386 g/mol. The third-order valence-corrected chi connectivity index (χ3v) is 3.65. The quantitative estimate of drug-likeness (QED) is 0.355. The molecular formula is C14H21N3O7S2. The van der Waals surface area contributed by atoms with Gasteiger partial charge in [0, 0.05) is 31.6 Å². The lowest BCUT2D eigenvalue weighted by atomic mass is 10.4. The smallest absolute Gasteiger partial charge is 0.336 e. The van der Waals surface area contributed by atoms with Gasteiger partial charge >= 0.3 is 29.0 Å². The minimum absolute atomic E-state index is 0.114. The second kappa shape index (κ2) is 10.9. The first-order valence-corrected chi connectivity index (χ1v) is 9.03. The Kier molecular flexibility index (Phi) is 9.27. The van der Waals surface area contributed by atoms with Crippen LogP contribution in [-0.4, -0.2) is 50.4 Å². The summed E-state index contributed by atoms with van der Waals surface area (Å²) in [5.41, 5.74) is -2.60. The fraction of sp³-hybridized carbons (Fsp3) is 0.643. The number of rotatable bonds is 10. The fourth-order valence-electron chi connectivity index (χ4n) is 2.01. The van der Waals surface area contributed by atoms with Gasteiger partial charge in [0.05, 0.1) is 12.8 Å². The van der Waals surface area contributed by atoms with Gasteiger partial charge in [-0.05, 0) is 0 Å². The molecule has 1 aromatic rings. The highest BCUT2D eigenvalue weighted by molar-refractivity contribution is 7.80. The molecule has 26 heavy (non-hydrogen) atoms. The zero-order chi connectivity index (χ0) is 19.7. The zero-order valence-corrected chi connectivity index (χ0v) is 16.0. The Labute approximate surface area is 159 Å². The van der Waals surface area contributed by atoms with Gasteiger partial charge in [0.2, 0.25) is 0 Å². The van der Waals surface area contributed by atoms with E-state index in [2.05, 4.69) is 25.3 Å². The highest BCUT2D eigenvalue weighted by atomic mass is 32.1. The van der Waals surface area contributed by atoms with Crippen LogP contribution in [0.4, 0.5) is 0 Å². The second-order valence-corrected chi connectivity index (χ2v) is 5.99. The molecule has 10 nitrogen and oxygen atoms in total. The molecule has 0 bridgehead atoms. The highest BCUT2D eigenvalue weighted by Crippen LogP contribution is 1.92. The van der Waals surface area contributed by atoms with Crippen molar-refractivity contribution in [1.29, 1.82) is 0 Å². The molecule has 0 spiro atoms. The van der Waals surface area contributed by atoms with Crippen LogP contribution in [0.2, 0.25) is 0 Å². The van der Waals surface area contributed by atoms with E-state index in [0.29, 0.717) is 11.5 Å². The van der Waals surface area contributed by atoms with Gasteiger partial charge in [0.25, 0.3) is 0 Å². The molecule has 1 heterocycles. The van der Waals surface area contributed by atoms with Gasteiger partial charge in [-0.1, -0.05) is 0 Å². The van der Waals surface area contributed by atoms with E-state index in [1.54, 1.807) is 0 Å². The highest BCUT2D eigenvalue weighted by Gasteiger charge is 2.15. The molecule has 0 aliphatic carbocycles. The van der Waals surface area contributed by atoms with Gasteiger partial charge < -0.3 is 9.47 Å². The zero-order valence-electron chi connectivity index (χ0n) is 14.3. The van der Waals surface area contributed by atoms with Crippen molar-refractivity contribution in [3.63, 3.8) is 0 Å². The fourth-order valence-corrected chi connectivity index (χ4v) is 2.19. The van der Waals surface area contributed by atoms with Gasteiger partial charge in [-0.3, -0.25) is 9.59 Å². The Morgan fingerprint density at radius 2 is 1.19 bits per heavy atom. The number of esters is 2. The molecule has 12 heteroatoms. The first-order chi connectivity index (χ1) is 12.3. The minimum atomic E-state index is -0.901. The Bertz CT molecular complexity index is 750. The van der Waals surface area contributed by atoms with Gasteiger partial charge in [0.1, 0.15) is 13.2 Å². The van der Waals surface area contributed by atoms with Crippen molar-refractivity contribution >= 4 is 37.2 Å². The topological polar surface area (TPSA) is 119 Å². The van der Waals surface area contributed by atoms with Crippen LogP contribution in [0.1, 0.15) is 12.8 Å². The molecule has 0 aliphatic rings.